The number of carbonyl (C=O) groups excluding carboxylic acids is 2. The molecule has 2 N–H and O–H groups in total. The molecule has 0 unspecified atom stereocenters. The van der Waals surface area contributed by atoms with Crippen molar-refractivity contribution in [3.8, 4) is 0 Å². The van der Waals surface area contributed by atoms with Crippen molar-refractivity contribution in [2.75, 3.05) is 23.5 Å². The molecule has 1 aliphatic rings. The number of sulfone groups is 1. The number of nitrogens with one attached hydrogen (secondary N) is 2. The van der Waals surface area contributed by atoms with Crippen molar-refractivity contribution in [2.24, 2.45) is 0 Å². The van der Waals surface area contributed by atoms with Gasteiger partial charge in [-0.25, -0.2) is 8.42 Å². The van der Waals surface area contributed by atoms with Gasteiger partial charge < -0.3 is 10.6 Å². The maximum atomic E-state index is 12.7. The van der Waals surface area contributed by atoms with Crippen LogP contribution in [0.4, 0.5) is 0 Å². The molecule has 0 saturated carbocycles. The van der Waals surface area contributed by atoms with Crippen molar-refractivity contribution < 1.29 is 18.0 Å². The zero-order valence-corrected chi connectivity index (χ0v) is 16.1. The predicted molar refractivity (Wildman–Crippen MR) is 101 cm³/mol. The molecule has 2 rings (SSSR count). The summed E-state index contributed by atoms with van der Waals surface area (Å²) in [6.45, 7) is 1.74. The maximum absolute atomic E-state index is 12.7. The smallest absolute Gasteiger partial charge is 0.251 e. The highest BCUT2D eigenvalue weighted by atomic mass is 32.2. The van der Waals surface area contributed by atoms with Gasteiger partial charge in [-0.2, -0.15) is 11.8 Å². The molecule has 6 nitrogen and oxygen atoms in total. The quantitative estimate of drug-likeness (QED) is 0.738. The van der Waals surface area contributed by atoms with Gasteiger partial charge in [0.2, 0.25) is 5.91 Å². The molecule has 0 aliphatic carbocycles. The third-order valence-corrected chi connectivity index (χ3v) is 6.74. The van der Waals surface area contributed by atoms with Crippen molar-refractivity contribution in [2.45, 2.75) is 31.3 Å². The van der Waals surface area contributed by atoms with Crippen molar-refractivity contribution in [3.05, 3.63) is 35.9 Å². The molecule has 25 heavy (non-hydrogen) atoms. The first kappa shape index (κ1) is 19.8. The lowest BCUT2D eigenvalue weighted by Crippen LogP contribution is -2.55. The second-order valence-electron chi connectivity index (χ2n) is 6.57. The largest absolute Gasteiger partial charge is 0.348 e. The predicted octanol–water partition coefficient (Wildman–Crippen LogP) is 1.23. The summed E-state index contributed by atoms with van der Waals surface area (Å²) in [5.74, 6) is 0.0785. The lowest BCUT2D eigenvalue weighted by molar-refractivity contribution is -0.124. The molecule has 2 amide bonds. The Balaban J connectivity index is 2.06. The molecule has 8 heteroatoms. The minimum atomic E-state index is -3.11. The highest BCUT2D eigenvalue weighted by Crippen LogP contribution is 2.23. The summed E-state index contributed by atoms with van der Waals surface area (Å²) in [6.07, 6.45) is 2.80. The number of benzene rings is 1. The van der Waals surface area contributed by atoms with E-state index in [1.807, 2.05) is 12.3 Å². The second kappa shape index (κ2) is 8.23. The van der Waals surface area contributed by atoms with Gasteiger partial charge in [0.15, 0.2) is 9.84 Å². The molecular weight excluding hydrogens is 360 g/mol. The molecule has 2 atom stereocenters. The van der Waals surface area contributed by atoms with Gasteiger partial charge in [-0.3, -0.25) is 9.59 Å². The van der Waals surface area contributed by atoms with Gasteiger partial charge >= 0.3 is 0 Å². The molecule has 0 aromatic heterocycles. The van der Waals surface area contributed by atoms with Crippen LogP contribution in [0.5, 0.6) is 0 Å². The van der Waals surface area contributed by atoms with E-state index in [9.17, 15) is 18.0 Å². The minimum absolute atomic E-state index is 0.0619. The molecule has 1 saturated heterocycles. The highest BCUT2D eigenvalue weighted by molar-refractivity contribution is 7.98. The Hall–Kier alpha value is -1.54. The van der Waals surface area contributed by atoms with E-state index in [0.29, 0.717) is 24.2 Å². The van der Waals surface area contributed by atoms with E-state index in [4.69, 9.17) is 0 Å². The summed E-state index contributed by atoms with van der Waals surface area (Å²) < 4.78 is 23.4. The molecule has 0 bridgehead atoms. The van der Waals surface area contributed by atoms with Crippen LogP contribution in [0.3, 0.4) is 0 Å². The van der Waals surface area contributed by atoms with Crippen LogP contribution >= 0.6 is 11.8 Å². The van der Waals surface area contributed by atoms with E-state index >= 15 is 0 Å². The maximum Gasteiger partial charge on any atom is 0.251 e. The van der Waals surface area contributed by atoms with E-state index < -0.39 is 21.4 Å². The number of thioether (sulfide) groups is 1. The van der Waals surface area contributed by atoms with Crippen molar-refractivity contribution in [1.82, 2.24) is 10.6 Å². The van der Waals surface area contributed by atoms with Crippen molar-refractivity contribution in [1.29, 1.82) is 0 Å². The van der Waals surface area contributed by atoms with Crippen molar-refractivity contribution >= 4 is 33.4 Å². The van der Waals surface area contributed by atoms with Gasteiger partial charge in [0, 0.05) is 5.56 Å². The summed E-state index contributed by atoms with van der Waals surface area (Å²) in [5, 5.41) is 5.60. The van der Waals surface area contributed by atoms with Gasteiger partial charge in [0.05, 0.1) is 17.0 Å². The number of hydrogen-bond donors (Lipinski definition) is 2. The minimum Gasteiger partial charge on any atom is -0.348 e. The Morgan fingerprint density at radius 2 is 1.96 bits per heavy atom. The van der Waals surface area contributed by atoms with E-state index in [-0.39, 0.29) is 23.3 Å². The summed E-state index contributed by atoms with van der Waals surface area (Å²) in [6, 6.07) is 8.01. The molecule has 1 heterocycles. The third kappa shape index (κ3) is 5.74. The number of rotatable bonds is 7. The standard InChI is InChI=1S/C17H24N2O4S2/c1-17(9-11-25(22,23)12-17)19-16(21)14(8-10-24-2)18-15(20)13-6-4-3-5-7-13/h3-7,14H,8-12H2,1-2H3,(H,18,20)(H,19,21)/t14-,17-/m1/s1. The van der Waals surface area contributed by atoms with Crippen LogP contribution in [-0.4, -0.2) is 55.3 Å². The zero-order valence-electron chi connectivity index (χ0n) is 14.4. The first-order valence-corrected chi connectivity index (χ1v) is 11.3. The molecule has 1 aromatic rings. The topological polar surface area (TPSA) is 92.3 Å². The average Bonchev–Trinajstić information content (AvgIpc) is 2.84. The summed E-state index contributed by atoms with van der Waals surface area (Å²) >= 11 is 1.58. The highest BCUT2D eigenvalue weighted by Gasteiger charge is 2.40. The molecule has 138 valence electrons. The Morgan fingerprint density at radius 3 is 2.52 bits per heavy atom. The van der Waals surface area contributed by atoms with E-state index in [0.717, 1.165) is 0 Å². The monoisotopic (exact) mass is 384 g/mol. The molecule has 1 aromatic carbocycles. The van der Waals surface area contributed by atoms with Gasteiger partial charge in [0.25, 0.3) is 5.91 Å². The van der Waals surface area contributed by atoms with Crippen LogP contribution < -0.4 is 10.6 Å². The molecule has 0 radical (unpaired) electrons. The van der Waals surface area contributed by atoms with Crippen LogP contribution in [0.15, 0.2) is 30.3 Å². The normalized spacial score (nSPS) is 23.0. The lowest BCUT2D eigenvalue weighted by atomic mass is 10.0. The zero-order chi connectivity index (χ0) is 18.5. The van der Waals surface area contributed by atoms with Crippen LogP contribution in [-0.2, 0) is 14.6 Å². The fourth-order valence-electron chi connectivity index (χ4n) is 2.83. The Morgan fingerprint density at radius 1 is 1.28 bits per heavy atom. The van der Waals surface area contributed by atoms with Gasteiger partial charge in [-0.1, -0.05) is 18.2 Å². The summed E-state index contributed by atoms with van der Waals surface area (Å²) in [4.78, 5) is 25.0. The Kier molecular flexibility index (Phi) is 6.51. The Bertz CT molecular complexity index is 721. The van der Waals surface area contributed by atoms with Gasteiger partial charge in [0.1, 0.15) is 6.04 Å². The Labute approximate surface area is 153 Å². The van der Waals surface area contributed by atoms with Crippen LogP contribution in [0.1, 0.15) is 30.1 Å². The molecule has 1 fully saturated rings. The van der Waals surface area contributed by atoms with E-state index in [2.05, 4.69) is 10.6 Å². The van der Waals surface area contributed by atoms with Crippen LogP contribution in [0, 0.1) is 0 Å². The van der Waals surface area contributed by atoms with Gasteiger partial charge in [-0.05, 0) is 43.9 Å². The molecule has 1 aliphatic heterocycles. The average molecular weight is 385 g/mol. The number of hydrogen-bond acceptors (Lipinski definition) is 5. The summed E-state index contributed by atoms with van der Waals surface area (Å²) in [7, 11) is -3.11. The SMILES string of the molecule is CSCC[C@@H](NC(=O)c1ccccc1)C(=O)N[C@]1(C)CCS(=O)(=O)C1. The first-order chi connectivity index (χ1) is 11.7. The van der Waals surface area contributed by atoms with E-state index in [1.165, 1.54) is 0 Å². The van der Waals surface area contributed by atoms with Gasteiger partial charge in [-0.15, -0.1) is 0 Å². The summed E-state index contributed by atoms with van der Waals surface area (Å²) in [5.41, 5.74) is -0.288. The fourth-order valence-corrected chi connectivity index (χ4v) is 5.39. The lowest BCUT2D eigenvalue weighted by Gasteiger charge is -2.27. The first-order valence-electron chi connectivity index (χ1n) is 8.12. The van der Waals surface area contributed by atoms with Crippen molar-refractivity contribution in [3.63, 3.8) is 0 Å². The van der Waals surface area contributed by atoms with Crippen LogP contribution in [0.25, 0.3) is 0 Å². The van der Waals surface area contributed by atoms with Crippen LogP contribution in [0.2, 0.25) is 0 Å². The number of amides is 2. The fraction of sp³-hybridized carbons (Fsp3) is 0.529. The molecular formula is C17H24N2O4S2. The third-order valence-electron chi connectivity index (χ3n) is 4.20. The molecule has 0 spiro atoms. The second-order valence-corrected chi connectivity index (χ2v) is 9.74. The van der Waals surface area contributed by atoms with E-state index in [1.54, 1.807) is 43.0 Å². The number of carbonyl (C=O) groups is 2.